The maximum atomic E-state index is 12.7. The van der Waals surface area contributed by atoms with Gasteiger partial charge >= 0.3 is 6.18 Å². The highest BCUT2D eigenvalue weighted by molar-refractivity contribution is 5.76. The maximum absolute atomic E-state index is 12.7. The fraction of sp³-hybridized carbons (Fsp3) is 0.417. The average molecular weight is 244 g/mol. The number of rotatable bonds is 2. The van der Waals surface area contributed by atoms with Crippen molar-refractivity contribution >= 4 is 5.78 Å². The standard InChI is InChI=1S/C12H11F3O2/c1-7(16)5-8-6-9-10(12(13,14)15)3-2-4-11(9)17-8/h2-4,8H,5-6H2,1H3. The lowest BCUT2D eigenvalue weighted by atomic mass is 10.0. The predicted molar refractivity (Wildman–Crippen MR) is 54.9 cm³/mol. The Kier molecular flexibility index (Phi) is 2.85. The van der Waals surface area contributed by atoms with Crippen LogP contribution in [0.4, 0.5) is 13.2 Å². The van der Waals surface area contributed by atoms with Gasteiger partial charge in [0.1, 0.15) is 17.6 Å². The highest BCUT2D eigenvalue weighted by Gasteiger charge is 2.37. The molecule has 0 aliphatic carbocycles. The fourth-order valence-corrected chi connectivity index (χ4v) is 2.04. The molecule has 0 radical (unpaired) electrons. The molecule has 2 nitrogen and oxygen atoms in total. The summed E-state index contributed by atoms with van der Waals surface area (Å²) in [5, 5.41) is 0. The zero-order valence-electron chi connectivity index (χ0n) is 9.17. The predicted octanol–water partition coefficient (Wildman–Crippen LogP) is 2.99. The first-order chi connectivity index (χ1) is 7.88. The van der Waals surface area contributed by atoms with E-state index in [0.29, 0.717) is 0 Å². The second kappa shape index (κ2) is 4.05. The number of carbonyl (C=O) groups is 1. The van der Waals surface area contributed by atoms with E-state index in [2.05, 4.69) is 0 Å². The molecule has 5 heteroatoms. The molecule has 0 amide bonds. The summed E-state index contributed by atoms with van der Waals surface area (Å²) in [5.74, 6) is 0.155. The lowest BCUT2D eigenvalue weighted by Crippen LogP contribution is -2.17. The van der Waals surface area contributed by atoms with Gasteiger partial charge in [-0.15, -0.1) is 0 Å². The van der Waals surface area contributed by atoms with Gasteiger partial charge < -0.3 is 4.74 Å². The second-order valence-electron chi connectivity index (χ2n) is 4.13. The van der Waals surface area contributed by atoms with Gasteiger partial charge in [0.25, 0.3) is 0 Å². The molecule has 0 saturated heterocycles. The van der Waals surface area contributed by atoms with Gasteiger partial charge in [0, 0.05) is 18.4 Å². The van der Waals surface area contributed by atoms with Crippen LogP contribution in [0.15, 0.2) is 18.2 Å². The van der Waals surface area contributed by atoms with Crippen LogP contribution in [0.3, 0.4) is 0 Å². The van der Waals surface area contributed by atoms with E-state index >= 15 is 0 Å². The Morgan fingerprint density at radius 1 is 1.47 bits per heavy atom. The highest BCUT2D eigenvalue weighted by atomic mass is 19.4. The van der Waals surface area contributed by atoms with Crippen LogP contribution in [-0.2, 0) is 17.4 Å². The Labute approximate surface area is 96.4 Å². The summed E-state index contributed by atoms with van der Waals surface area (Å²) in [4.78, 5) is 10.9. The van der Waals surface area contributed by atoms with E-state index in [-0.39, 0.29) is 29.9 Å². The molecule has 1 aliphatic heterocycles. The van der Waals surface area contributed by atoms with Crippen molar-refractivity contribution in [1.82, 2.24) is 0 Å². The highest BCUT2D eigenvalue weighted by Crippen LogP contribution is 2.40. The number of alkyl halides is 3. The minimum Gasteiger partial charge on any atom is -0.489 e. The first-order valence-corrected chi connectivity index (χ1v) is 5.23. The van der Waals surface area contributed by atoms with Crippen LogP contribution < -0.4 is 4.74 Å². The van der Waals surface area contributed by atoms with Gasteiger partial charge in [-0.3, -0.25) is 4.79 Å². The van der Waals surface area contributed by atoms with E-state index in [0.717, 1.165) is 6.07 Å². The molecule has 1 aromatic rings. The van der Waals surface area contributed by atoms with Gasteiger partial charge in [-0.1, -0.05) is 6.07 Å². The van der Waals surface area contributed by atoms with Crippen LogP contribution in [0.5, 0.6) is 5.75 Å². The van der Waals surface area contributed by atoms with Crippen molar-refractivity contribution in [3.8, 4) is 5.75 Å². The number of Topliss-reactive ketones (excluding diaryl/α,β-unsaturated/α-hetero) is 1. The lowest BCUT2D eigenvalue weighted by molar-refractivity contribution is -0.138. The Bertz CT molecular complexity index is 452. The Balaban J connectivity index is 2.29. The topological polar surface area (TPSA) is 26.3 Å². The summed E-state index contributed by atoms with van der Waals surface area (Å²) in [6, 6.07) is 3.86. The van der Waals surface area contributed by atoms with Gasteiger partial charge in [-0.2, -0.15) is 13.2 Å². The summed E-state index contributed by atoms with van der Waals surface area (Å²) in [6.07, 6.45) is -4.55. The third-order valence-electron chi connectivity index (χ3n) is 2.68. The zero-order chi connectivity index (χ0) is 12.6. The molecule has 92 valence electrons. The number of ether oxygens (including phenoxy) is 1. The number of ketones is 1. The largest absolute Gasteiger partial charge is 0.489 e. The molecule has 1 aromatic carbocycles. The number of benzene rings is 1. The molecule has 0 bridgehead atoms. The van der Waals surface area contributed by atoms with Crippen LogP contribution in [0, 0.1) is 0 Å². The summed E-state index contributed by atoms with van der Waals surface area (Å²) in [5.41, 5.74) is -0.507. The average Bonchev–Trinajstić information content (AvgIpc) is 2.55. The monoisotopic (exact) mass is 244 g/mol. The van der Waals surface area contributed by atoms with E-state index in [1.165, 1.54) is 19.1 Å². The second-order valence-corrected chi connectivity index (χ2v) is 4.13. The number of hydrogen-bond acceptors (Lipinski definition) is 2. The van der Waals surface area contributed by atoms with Crippen molar-refractivity contribution in [3.63, 3.8) is 0 Å². The number of hydrogen-bond donors (Lipinski definition) is 0. The van der Waals surface area contributed by atoms with Crippen LogP contribution in [0.2, 0.25) is 0 Å². The third-order valence-corrected chi connectivity index (χ3v) is 2.68. The van der Waals surface area contributed by atoms with Crippen molar-refractivity contribution in [3.05, 3.63) is 29.3 Å². The molecular weight excluding hydrogens is 233 g/mol. The molecule has 0 spiro atoms. The quantitative estimate of drug-likeness (QED) is 0.799. The van der Waals surface area contributed by atoms with E-state index in [9.17, 15) is 18.0 Å². The molecule has 17 heavy (non-hydrogen) atoms. The maximum Gasteiger partial charge on any atom is 0.416 e. The van der Waals surface area contributed by atoms with Gasteiger partial charge in [-0.25, -0.2) is 0 Å². The van der Waals surface area contributed by atoms with Crippen molar-refractivity contribution in [2.45, 2.75) is 32.0 Å². The summed E-state index contributed by atoms with van der Waals surface area (Å²) < 4.78 is 43.5. The SMILES string of the molecule is CC(=O)CC1Cc2c(cccc2C(F)(F)F)O1. The first-order valence-electron chi connectivity index (χ1n) is 5.23. The molecular formula is C12H11F3O2. The molecule has 0 saturated carbocycles. The van der Waals surface area contributed by atoms with E-state index in [1.807, 2.05) is 0 Å². The summed E-state index contributed by atoms with van der Waals surface area (Å²) in [7, 11) is 0. The van der Waals surface area contributed by atoms with Crippen molar-refractivity contribution in [2.75, 3.05) is 0 Å². The summed E-state index contributed by atoms with van der Waals surface area (Å²) in [6.45, 7) is 1.40. The normalized spacial score (nSPS) is 18.7. The van der Waals surface area contributed by atoms with Crippen molar-refractivity contribution in [2.24, 2.45) is 0 Å². The Hall–Kier alpha value is -1.52. The lowest BCUT2D eigenvalue weighted by Gasteiger charge is -2.09. The molecule has 1 unspecified atom stereocenters. The van der Waals surface area contributed by atoms with Crippen molar-refractivity contribution in [1.29, 1.82) is 0 Å². The molecule has 1 aliphatic rings. The van der Waals surface area contributed by atoms with Gasteiger partial charge in [-0.05, 0) is 19.1 Å². The minimum absolute atomic E-state index is 0.0867. The molecule has 0 aromatic heterocycles. The Morgan fingerprint density at radius 2 is 2.18 bits per heavy atom. The first kappa shape index (κ1) is 12.0. The minimum atomic E-state index is -4.38. The molecule has 1 heterocycles. The van der Waals surface area contributed by atoms with Crippen LogP contribution in [-0.4, -0.2) is 11.9 Å². The van der Waals surface area contributed by atoms with E-state index in [1.54, 1.807) is 0 Å². The molecule has 0 fully saturated rings. The van der Waals surface area contributed by atoms with Crippen molar-refractivity contribution < 1.29 is 22.7 Å². The number of fused-ring (bicyclic) bond motifs is 1. The van der Waals surface area contributed by atoms with Gasteiger partial charge in [0.2, 0.25) is 0 Å². The van der Waals surface area contributed by atoms with E-state index in [4.69, 9.17) is 4.74 Å². The van der Waals surface area contributed by atoms with Gasteiger partial charge in [0.05, 0.1) is 5.56 Å². The fourth-order valence-electron chi connectivity index (χ4n) is 2.04. The van der Waals surface area contributed by atoms with E-state index < -0.39 is 17.8 Å². The van der Waals surface area contributed by atoms with Crippen LogP contribution >= 0.6 is 0 Å². The smallest absolute Gasteiger partial charge is 0.416 e. The number of carbonyl (C=O) groups excluding carboxylic acids is 1. The van der Waals surface area contributed by atoms with Crippen LogP contribution in [0.1, 0.15) is 24.5 Å². The molecule has 2 rings (SSSR count). The summed E-state index contributed by atoms with van der Waals surface area (Å²) >= 11 is 0. The third kappa shape index (κ3) is 2.43. The molecule has 1 atom stereocenters. The number of halogens is 3. The zero-order valence-corrected chi connectivity index (χ0v) is 9.17. The van der Waals surface area contributed by atoms with Crippen LogP contribution in [0.25, 0.3) is 0 Å². The van der Waals surface area contributed by atoms with Gasteiger partial charge in [0.15, 0.2) is 0 Å². The molecule has 0 N–H and O–H groups in total. The Morgan fingerprint density at radius 3 is 2.76 bits per heavy atom.